The molecule has 1 aliphatic heterocycles. The summed E-state index contributed by atoms with van der Waals surface area (Å²) in [5.41, 5.74) is 2.27. The van der Waals surface area contributed by atoms with Crippen LogP contribution in [-0.2, 0) is 0 Å². The topological polar surface area (TPSA) is 49.2 Å². The first-order chi connectivity index (χ1) is 9.40. The summed E-state index contributed by atoms with van der Waals surface area (Å²) in [7, 11) is 0. The first-order valence-electron chi connectivity index (χ1n) is 6.24. The molecule has 4 nitrogen and oxygen atoms in total. The third-order valence-electron chi connectivity index (χ3n) is 3.12. The molecule has 3 rings (SSSR count). The van der Waals surface area contributed by atoms with Crippen molar-refractivity contribution in [1.82, 2.24) is 4.98 Å². The van der Waals surface area contributed by atoms with E-state index in [1.807, 2.05) is 36.4 Å². The Labute approximate surface area is 111 Å². The summed E-state index contributed by atoms with van der Waals surface area (Å²) < 4.78 is 5.73. The number of aromatic nitrogens is 1. The summed E-state index contributed by atoms with van der Waals surface area (Å²) in [6.45, 7) is 1.51. The quantitative estimate of drug-likeness (QED) is 0.782. The molecule has 2 aromatic rings. The minimum Gasteiger partial charge on any atom is -0.491 e. The molecule has 1 aromatic heterocycles. The predicted octanol–water partition coefficient (Wildman–Crippen LogP) is 2.87. The van der Waals surface area contributed by atoms with Gasteiger partial charge in [0.1, 0.15) is 11.8 Å². The zero-order chi connectivity index (χ0) is 13.1. The van der Waals surface area contributed by atoms with E-state index in [2.05, 4.69) is 16.0 Å². The van der Waals surface area contributed by atoms with E-state index in [9.17, 15) is 5.26 Å². The van der Waals surface area contributed by atoms with Gasteiger partial charge >= 0.3 is 0 Å². The van der Waals surface area contributed by atoms with Crippen LogP contribution >= 0.6 is 0 Å². The average molecular weight is 251 g/mol. The lowest BCUT2D eigenvalue weighted by Crippen LogP contribution is -2.19. The van der Waals surface area contributed by atoms with Crippen LogP contribution in [0.15, 0.2) is 42.6 Å². The summed E-state index contributed by atoms with van der Waals surface area (Å²) in [5, 5.41) is 9.20. The molecule has 0 bridgehead atoms. The van der Waals surface area contributed by atoms with Crippen molar-refractivity contribution in [3.05, 3.63) is 48.3 Å². The SMILES string of the molecule is N#Cc1ncccc1N1CCCOc2ccccc21. The molecule has 0 aliphatic carbocycles. The lowest BCUT2D eigenvalue weighted by atomic mass is 10.2. The molecule has 2 heterocycles. The van der Waals surface area contributed by atoms with Gasteiger partial charge in [0.15, 0.2) is 5.69 Å². The van der Waals surface area contributed by atoms with Crippen molar-refractivity contribution in [3.63, 3.8) is 0 Å². The second kappa shape index (κ2) is 4.99. The summed E-state index contributed by atoms with van der Waals surface area (Å²) in [6, 6.07) is 13.8. The van der Waals surface area contributed by atoms with Gasteiger partial charge in [0.25, 0.3) is 0 Å². The molecule has 0 fully saturated rings. The standard InChI is InChI=1S/C15H13N3O/c16-11-12-13(6-3-8-17-12)18-9-4-10-19-15-7-2-1-5-14(15)18/h1-3,5-8H,4,9-10H2. The van der Waals surface area contributed by atoms with Crippen LogP contribution in [-0.4, -0.2) is 18.1 Å². The number of nitriles is 1. The predicted molar refractivity (Wildman–Crippen MR) is 72.5 cm³/mol. The van der Waals surface area contributed by atoms with E-state index in [1.165, 1.54) is 0 Å². The summed E-state index contributed by atoms with van der Waals surface area (Å²) in [4.78, 5) is 6.24. The number of para-hydroxylation sites is 2. The number of nitrogens with zero attached hydrogens (tertiary/aromatic N) is 3. The molecule has 19 heavy (non-hydrogen) atoms. The number of ether oxygens (including phenoxy) is 1. The average Bonchev–Trinajstić information content (AvgIpc) is 2.69. The molecule has 0 amide bonds. The van der Waals surface area contributed by atoms with E-state index < -0.39 is 0 Å². The van der Waals surface area contributed by atoms with Crippen molar-refractivity contribution >= 4 is 11.4 Å². The van der Waals surface area contributed by atoms with E-state index in [-0.39, 0.29) is 0 Å². The normalized spacial score (nSPS) is 13.9. The number of pyridine rings is 1. The molecule has 4 heteroatoms. The molecule has 0 saturated carbocycles. The fourth-order valence-corrected chi connectivity index (χ4v) is 2.28. The Balaban J connectivity index is 2.12. The van der Waals surface area contributed by atoms with E-state index in [1.54, 1.807) is 6.20 Å². The van der Waals surface area contributed by atoms with Crippen LogP contribution in [0, 0.1) is 11.3 Å². The minimum atomic E-state index is 0.444. The van der Waals surface area contributed by atoms with Crippen LogP contribution in [0.4, 0.5) is 11.4 Å². The van der Waals surface area contributed by atoms with Gasteiger partial charge in [-0.05, 0) is 30.7 Å². The molecule has 0 unspecified atom stereocenters. The highest BCUT2D eigenvalue weighted by Crippen LogP contribution is 2.36. The summed E-state index contributed by atoms with van der Waals surface area (Å²) >= 11 is 0. The number of anilines is 2. The summed E-state index contributed by atoms with van der Waals surface area (Å²) in [6.07, 6.45) is 2.55. The summed E-state index contributed by atoms with van der Waals surface area (Å²) in [5.74, 6) is 0.854. The smallest absolute Gasteiger partial charge is 0.164 e. The Kier molecular flexibility index (Phi) is 3.03. The van der Waals surface area contributed by atoms with Gasteiger partial charge in [0.05, 0.1) is 18.0 Å². The van der Waals surface area contributed by atoms with Gasteiger partial charge in [-0.2, -0.15) is 5.26 Å². The fraction of sp³-hybridized carbons (Fsp3) is 0.200. The number of benzene rings is 1. The van der Waals surface area contributed by atoms with Crippen molar-refractivity contribution in [1.29, 1.82) is 5.26 Å². The maximum absolute atomic E-state index is 9.20. The van der Waals surface area contributed by atoms with Crippen LogP contribution in [0.25, 0.3) is 0 Å². The van der Waals surface area contributed by atoms with Crippen LogP contribution in [0.1, 0.15) is 12.1 Å². The number of hydrogen-bond acceptors (Lipinski definition) is 4. The van der Waals surface area contributed by atoms with Gasteiger partial charge in [-0.1, -0.05) is 12.1 Å². The molecule has 1 aromatic carbocycles. The van der Waals surface area contributed by atoms with E-state index in [4.69, 9.17) is 4.74 Å². The zero-order valence-electron chi connectivity index (χ0n) is 10.4. The largest absolute Gasteiger partial charge is 0.491 e. The maximum atomic E-state index is 9.20. The second-order valence-corrected chi connectivity index (χ2v) is 4.30. The molecular formula is C15H13N3O. The Morgan fingerprint density at radius 2 is 2.00 bits per heavy atom. The van der Waals surface area contributed by atoms with Gasteiger partial charge in [-0.25, -0.2) is 4.98 Å². The van der Waals surface area contributed by atoms with Gasteiger partial charge in [0.2, 0.25) is 0 Å². The van der Waals surface area contributed by atoms with Gasteiger partial charge < -0.3 is 9.64 Å². The van der Waals surface area contributed by atoms with Gasteiger partial charge in [0, 0.05) is 12.7 Å². The first kappa shape index (κ1) is 11.5. The fourth-order valence-electron chi connectivity index (χ4n) is 2.28. The maximum Gasteiger partial charge on any atom is 0.164 e. The third-order valence-corrected chi connectivity index (χ3v) is 3.12. The highest BCUT2D eigenvalue weighted by atomic mass is 16.5. The van der Waals surface area contributed by atoms with Crippen LogP contribution < -0.4 is 9.64 Å². The Morgan fingerprint density at radius 3 is 2.89 bits per heavy atom. The highest BCUT2D eigenvalue weighted by Gasteiger charge is 2.19. The van der Waals surface area contributed by atoms with Crippen LogP contribution in [0.3, 0.4) is 0 Å². The van der Waals surface area contributed by atoms with Crippen molar-refractivity contribution in [2.45, 2.75) is 6.42 Å². The molecule has 0 saturated heterocycles. The monoisotopic (exact) mass is 251 g/mol. The third kappa shape index (κ3) is 2.11. The van der Waals surface area contributed by atoms with Crippen LogP contribution in [0.5, 0.6) is 5.75 Å². The first-order valence-corrected chi connectivity index (χ1v) is 6.24. The molecule has 0 spiro atoms. The lowest BCUT2D eigenvalue weighted by molar-refractivity contribution is 0.322. The zero-order valence-corrected chi connectivity index (χ0v) is 10.4. The number of fused-ring (bicyclic) bond motifs is 1. The Morgan fingerprint density at radius 1 is 1.16 bits per heavy atom. The minimum absolute atomic E-state index is 0.444. The molecule has 94 valence electrons. The molecule has 0 radical (unpaired) electrons. The van der Waals surface area contributed by atoms with Crippen molar-refractivity contribution in [3.8, 4) is 11.8 Å². The molecule has 0 N–H and O–H groups in total. The van der Waals surface area contributed by atoms with Crippen molar-refractivity contribution in [2.75, 3.05) is 18.1 Å². The molecular weight excluding hydrogens is 238 g/mol. The van der Waals surface area contributed by atoms with E-state index >= 15 is 0 Å². The van der Waals surface area contributed by atoms with Crippen molar-refractivity contribution in [2.24, 2.45) is 0 Å². The van der Waals surface area contributed by atoms with Gasteiger partial charge in [-0.15, -0.1) is 0 Å². The Bertz CT molecular complexity index is 633. The highest BCUT2D eigenvalue weighted by molar-refractivity contribution is 5.72. The van der Waals surface area contributed by atoms with Crippen molar-refractivity contribution < 1.29 is 4.74 Å². The van der Waals surface area contributed by atoms with E-state index in [0.29, 0.717) is 12.3 Å². The second-order valence-electron chi connectivity index (χ2n) is 4.30. The molecule has 0 atom stereocenters. The lowest BCUT2D eigenvalue weighted by Gasteiger charge is -2.24. The van der Waals surface area contributed by atoms with Crippen LogP contribution in [0.2, 0.25) is 0 Å². The van der Waals surface area contributed by atoms with E-state index in [0.717, 1.165) is 30.1 Å². The number of hydrogen-bond donors (Lipinski definition) is 0. The van der Waals surface area contributed by atoms with Gasteiger partial charge in [-0.3, -0.25) is 0 Å². The number of rotatable bonds is 1. The Hall–Kier alpha value is -2.54. The molecule has 1 aliphatic rings.